The Balaban J connectivity index is 1.89. The first-order valence-corrected chi connectivity index (χ1v) is 10.8. The van der Waals surface area contributed by atoms with E-state index in [1.165, 1.54) is 11.8 Å². The highest BCUT2D eigenvalue weighted by molar-refractivity contribution is 9.10. The molecule has 0 aliphatic heterocycles. The van der Waals surface area contributed by atoms with Gasteiger partial charge < -0.3 is 0 Å². The Labute approximate surface area is 182 Å². The zero-order valence-electron chi connectivity index (χ0n) is 15.8. The fourth-order valence-corrected chi connectivity index (χ4v) is 3.80. The summed E-state index contributed by atoms with van der Waals surface area (Å²) in [6.45, 7) is 2.07. The van der Waals surface area contributed by atoms with E-state index < -0.39 is 0 Å². The molecular formula is C20H20BrClN4OS. The van der Waals surface area contributed by atoms with Crippen LogP contribution in [0.3, 0.4) is 0 Å². The summed E-state index contributed by atoms with van der Waals surface area (Å²) in [5.74, 6) is 1.14. The first-order chi connectivity index (χ1) is 13.4. The van der Waals surface area contributed by atoms with Gasteiger partial charge in [-0.15, -0.1) is 10.2 Å². The van der Waals surface area contributed by atoms with Gasteiger partial charge in [-0.1, -0.05) is 51.4 Å². The van der Waals surface area contributed by atoms with Crippen LogP contribution in [-0.4, -0.2) is 45.3 Å². The molecule has 0 bridgehead atoms. The second-order valence-corrected chi connectivity index (χ2v) is 8.81. The van der Waals surface area contributed by atoms with Crippen LogP contribution in [-0.2, 0) is 0 Å². The molecular weight excluding hydrogens is 460 g/mol. The van der Waals surface area contributed by atoms with Crippen molar-refractivity contribution in [3.05, 3.63) is 69.4 Å². The maximum atomic E-state index is 12.6. The van der Waals surface area contributed by atoms with Crippen LogP contribution < -0.4 is 0 Å². The smallest absolute Gasteiger partial charge is 0.196 e. The Morgan fingerprint density at radius 1 is 1.14 bits per heavy atom. The summed E-state index contributed by atoms with van der Waals surface area (Å²) in [6, 6.07) is 14.9. The van der Waals surface area contributed by atoms with Gasteiger partial charge in [0, 0.05) is 20.7 Å². The minimum absolute atomic E-state index is 0.0466. The van der Waals surface area contributed by atoms with Crippen LogP contribution in [0.15, 0.2) is 58.2 Å². The predicted octanol–water partition coefficient (Wildman–Crippen LogP) is 5.28. The number of rotatable bonds is 7. The minimum atomic E-state index is 0.0466. The molecule has 0 radical (unpaired) electrons. The number of thioether (sulfide) groups is 1. The van der Waals surface area contributed by atoms with Gasteiger partial charge in [0.05, 0.1) is 11.8 Å². The molecule has 0 aliphatic carbocycles. The fraction of sp³-hybridized carbons (Fsp3) is 0.250. The quantitative estimate of drug-likeness (QED) is 0.341. The van der Waals surface area contributed by atoms with E-state index in [1.54, 1.807) is 0 Å². The summed E-state index contributed by atoms with van der Waals surface area (Å²) in [7, 11) is 3.99. The molecule has 1 heterocycles. The molecule has 0 aliphatic rings. The van der Waals surface area contributed by atoms with Crippen molar-refractivity contribution in [2.75, 3.05) is 19.8 Å². The number of hydrogen-bond acceptors (Lipinski definition) is 5. The summed E-state index contributed by atoms with van der Waals surface area (Å²) >= 11 is 10.8. The molecule has 3 aromatic rings. The molecule has 5 nitrogen and oxygen atoms in total. The second kappa shape index (κ2) is 9.22. The number of halogens is 2. The largest absolute Gasteiger partial charge is 0.300 e. The highest BCUT2D eigenvalue weighted by atomic mass is 79.9. The topological polar surface area (TPSA) is 51.0 Å². The summed E-state index contributed by atoms with van der Waals surface area (Å²) in [6.07, 6.45) is 0. The second-order valence-electron chi connectivity index (χ2n) is 6.51. The van der Waals surface area contributed by atoms with Crippen molar-refractivity contribution in [2.24, 2.45) is 0 Å². The van der Waals surface area contributed by atoms with Gasteiger partial charge in [0.1, 0.15) is 0 Å². The van der Waals surface area contributed by atoms with Crippen LogP contribution in [0.2, 0.25) is 5.02 Å². The van der Waals surface area contributed by atoms with Crippen LogP contribution in [0.1, 0.15) is 29.1 Å². The van der Waals surface area contributed by atoms with Gasteiger partial charge in [-0.2, -0.15) is 0 Å². The van der Waals surface area contributed by atoms with Crippen LogP contribution >= 0.6 is 39.3 Å². The van der Waals surface area contributed by atoms with Gasteiger partial charge in [-0.3, -0.25) is 14.3 Å². The fourth-order valence-electron chi connectivity index (χ4n) is 2.56. The van der Waals surface area contributed by atoms with E-state index in [0.29, 0.717) is 15.7 Å². The molecule has 0 fully saturated rings. The summed E-state index contributed by atoms with van der Waals surface area (Å²) in [5, 5.41) is 10.1. The van der Waals surface area contributed by atoms with Crippen LogP contribution in [0.5, 0.6) is 0 Å². The van der Waals surface area contributed by atoms with Gasteiger partial charge in [0.25, 0.3) is 0 Å². The third kappa shape index (κ3) is 4.84. The molecule has 0 unspecified atom stereocenters. The minimum Gasteiger partial charge on any atom is -0.300 e. The average Bonchev–Trinajstić information content (AvgIpc) is 3.10. The summed E-state index contributed by atoms with van der Waals surface area (Å²) in [4.78, 5) is 14.6. The number of nitrogens with zero attached hydrogens (tertiary/aromatic N) is 4. The zero-order chi connectivity index (χ0) is 20.3. The number of carbonyl (C=O) groups is 1. The van der Waals surface area contributed by atoms with Gasteiger partial charge >= 0.3 is 0 Å². The number of carbonyl (C=O) groups excluding carboxylic acids is 1. The lowest BCUT2D eigenvalue weighted by Crippen LogP contribution is -2.20. The SMILES string of the molecule is C[C@@H](c1nnc(SCC(=O)c2ccc(Br)cc2)n1-c1ccc(Cl)cc1)N(C)C. The highest BCUT2D eigenvalue weighted by Gasteiger charge is 2.21. The Kier molecular flexibility index (Phi) is 6.93. The summed E-state index contributed by atoms with van der Waals surface area (Å²) < 4.78 is 2.93. The molecule has 3 rings (SSSR count). The Hall–Kier alpha value is -1.67. The molecule has 0 saturated heterocycles. The van der Waals surface area contributed by atoms with Crippen LogP contribution in [0.4, 0.5) is 0 Å². The van der Waals surface area contributed by atoms with E-state index in [1.807, 2.05) is 67.2 Å². The van der Waals surface area contributed by atoms with E-state index in [-0.39, 0.29) is 17.6 Å². The van der Waals surface area contributed by atoms with Gasteiger partial charge in [0.2, 0.25) is 0 Å². The van der Waals surface area contributed by atoms with E-state index in [9.17, 15) is 4.79 Å². The maximum absolute atomic E-state index is 12.6. The normalized spacial score (nSPS) is 12.4. The van der Waals surface area contributed by atoms with Gasteiger partial charge in [-0.25, -0.2) is 0 Å². The van der Waals surface area contributed by atoms with Crippen LogP contribution in [0, 0.1) is 0 Å². The van der Waals surface area contributed by atoms with Crippen molar-refractivity contribution in [3.63, 3.8) is 0 Å². The van der Waals surface area contributed by atoms with Crippen molar-refractivity contribution in [1.82, 2.24) is 19.7 Å². The molecule has 0 spiro atoms. The summed E-state index contributed by atoms with van der Waals surface area (Å²) in [5.41, 5.74) is 1.59. The van der Waals surface area contributed by atoms with Gasteiger partial charge in [-0.05, 0) is 57.4 Å². The standard InChI is InChI=1S/C20H20BrClN4OS/c1-13(25(2)3)19-23-24-20(26(19)17-10-8-16(22)9-11-17)28-12-18(27)14-4-6-15(21)7-5-14/h4-11,13H,12H2,1-3H3/t13-/m0/s1. The number of benzene rings is 2. The molecule has 1 aromatic heterocycles. The maximum Gasteiger partial charge on any atom is 0.196 e. The van der Waals surface area contributed by atoms with E-state index in [4.69, 9.17) is 11.6 Å². The molecule has 0 saturated carbocycles. The van der Waals surface area contributed by atoms with Crippen molar-refractivity contribution in [2.45, 2.75) is 18.1 Å². The van der Waals surface area contributed by atoms with Gasteiger partial charge in [0.15, 0.2) is 16.8 Å². The molecule has 1 atom stereocenters. The zero-order valence-corrected chi connectivity index (χ0v) is 18.9. The first-order valence-electron chi connectivity index (χ1n) is 8.66. The molecule has 2 aromatic carbocycles. The lowest BCUT2D eigenvalue weighted by molar-refractivity contribution is 0.102. The van der Waals surface area contributed by atoms with E-state index >= 15 is 0 Å². The Morgan fingerprint density at radius 3 is 2.39 bits per heavy atom. The monoisotopic (exact) mass is 478 g/mol. The Bertz CT molecular complexity index is 957. The van der Waals surface area contributed by atoms with Crippen molar-refractivity contribution < 1.29 is 4.79 Å². The number of Topliss-reactive ketones (excluding diaryl/α,β-unsaturated/α-hetero) is 1. The number of ketones is 1. The van der Waals surface area contributed by atoms with Crippen molar-refractivity contribution in [1.29, 1.82) is 0 Å². The average molecular weight is 480 g/mol. The highest BCUT2D eigenvalue weighted by Crippen LogP contribution is 2.28. The van der Waals surface area contributed by atoms with E-state index in [2.05, 4.69) is 38.0 Å². The molecule has 8 heteroatoms. The predicted molar refractivity (Wildman–Crippen MR) is 118 cm³/mol. The molecule has 146 valence electrons. The molecule has 28 heavy (non-hydrogen) atoms. The van der Waals surface area contributed by atoms with Crippen molar-refractivity contribution in [3.8, 4) is 5.69 Å². The third-order valence-electron chi connectivity index (χ3n) is 4.39. The lowest BCUT2D eigenvalue weighted by Gasteiger charge is -2.20. The number of hydrogen-bond donors (Lipinski definition) is 0. The molecule has 0 N–H and O–H groups in total. The first kappa shape index (κ1) is 21.0. The number of aromatic nitrogens is 3. The Morgan fingerprint density at radius 2 is 1.79 bits per heavy atom. The third-order valence-corrected chi connectivity index (χ3v) is 6.10. The van der Waals surface area contributed by atoms with Crippen LogP contribution in [0.25, 0.3) is 5.69 Å². The molecule has 0 amide bonds. The van der Waals surface area contributed by atoms with E-state index in [0.717, 1.165) is 16.0 Å². The lowest BCUT2D eigenvalue weighted by atomic mass is 10.2. The van der Waals surface area contributed by atoms with Crippen molar-refractivity contribution >= 4 is 45.1 Å².